The lowest BCUT2D eigenvalue weighted by molar-refractivity contribution is -0.758. The molecule has 0 aliphatic rings. The molecule has 13 heavy (non-hydrogen) atoms. The highest BCUT2D eigenvalue weighted by Crippen LogP contribution is 1.80. The van der Waals surface area contributed by atoms with Crippen molar-refractivity contribution in [2.45, 2.75) is 0 Å². The van der Waals surface area contributed by atoms with Crippen LogP contribution in [-0.2, 0) is 14.3 Å². The van der Waals surface area contributed by atoms with Gasteiger partial charge in [-0.3, -0.25) is 0 Å². The summed E-state index contributed by atoms with van der Waals surface area (Å²) in [5.41, 5.74) is 0. The number of nitrogens with zero attached hydrogens (tertiary/aromatic N) is 1. The fourth-order valence-electron chi connectivity index (χ4n) is 0.557. The predicted octanol–water partition coefficient (Wildman–Crippen LogP) is -0.780. The van der Waals surface area contributed by atoms with Crippen molar-refractivity contribution in [2.75, 3.05) is 39.6 Å². The maximum atomic E-state index is 9.65. The molecule has 0 saturated heterocycles. The molecule has 1 N–H and O–H groups in total. The van der Waals surface area contributed by atoms with E-state index in [9.17, 15) is 10.1 Å². The van der Waals surface area contributed by atoms with E-state index in [0.29, 0.717) is 13.2 Å². The van der Waals surface area contributed by atoms with Gasteiger partial charge in [0.05, 0.1) is 33.0 Å². The third-order valence-corrected chi connectivity index (χ3v) is 1.03. The lowest BCUT2D eigenvalue weighted by Crippen LogP contribution is -2.12. The van der Waals surface area contributed by atoms with Crippen LogP contribution in [0.3, 0.4) is 0 Å². The molecule has 0 amide bonds. The Bertz CT molecular complexity index is 130. The van der Waals surface area contributed by atoms with Gasteiger partial charge in [-0.2, -0.15) is 0 Å². The van der Waals surface area contributed by atoms with Crippen LogP contribution >= 0.6 is 0 Å². The summed E-state index contributed by atoms with van der Waals surface area (Å²) in [5, 5.41) is 17.1. The average Bonchev–Trinajstić information content (AvgIpc) is 2.09. The molecule has 0 aromatic carbocycles. The lowest BCUT2D eigenvalue weighted by Gasteiger charge is -2.03. The summed E-state index contributed by atoms with van der Waals surface area (Å²) >= 11 is 0. The van der Waals surface area contributed by atoms with Gasteiger partial charge in [-0.15, -0.1) is 10.1 Å². The molecule has 7 heteroatoms. The van der Waals surface area contributed by atoms with Gasteiger partial charge in [0.1, 0.15) is 6.61 Å². The van der Waals surface area contributed by atoms with Crippen molar-refractivity contribution in [1.82, 2.24) is 0 Å². The van der Waals surface area contributed by atoms with E-state index >= 15 is 0 Å². The van der Waals surface area contributed by atoms with Gasteiger partial charge in [-0.25, -0.2) is 0 Å². The number of aliphatic hydroxyl groups excluding tert-OH is 1. The summed E-state index contributed by atoms with van der Waals surface area (Å²) in [7, 11) is 0. The van der Waals surface area contributed by atoms with E-state index in [1.807, 2.05) is 0 Å². The molecule has 0 heterocycles. The van der Waals surface area contributed by atoms with Crippen LogP contribution in [0.4, 0.5) is 0 Å². The van der Waals surface area contributed by atoms with Gasteiger partial charge in [0, 0.05) is 0 Å². The summed E-state index contributed by atoms with van der Waals surface area (Å²) in [6.07, 6.45) is 0. The number of ether oxygens (including phenoxy) is 2. The molecule has 0 fully saturated rings. The highest BCUT2D eigenvalue weighted by atomic mass is 17.0. The van der Waals surface area contributed by atoms with Crippen molar-refractivity contribution in [3.8, 4) is 0 Å². The molecule has 0 atom stereocenters. The summed E-state index contributed by atoms with van der Waals surface area (Å²) in [6.45, 7) is 1.02. The van der Waals surface area contributed by atoms with E-state index in [4.69, 9.17) is 14.6 Å². The molecule has 78 valence electrons. The standard InChI is InChI=1S/C6H13NO6/c8-1-2-11-3-4-12-5-6-13-7(9)10/h8H,1-6H2. The van der Waals surface area contributed by atoms with E-state index < -0.39 is 5.09 Å². The predicted molar refractivity (Wildman–Crippen MR) is 41.7 cm³/mol. The molecule has 0 aliphatic carbocycles. The topological polar surface area (TPSA) is 91.1 Å². The summed E-state index contributed by atoms with van der Waals surface area (Å²) < 4.78 is 9.76. The minimum absolute atomic E-state index is 0.0234. The van der Waals surface area contributed by atoms with Gasteiger partial charge < -0.3 is 19.4 Å². The first kappa shape index (κ1) is 12.1. The zero-order chi connectivity index (χ0) is 9.94. The minimum Gasteiger partial charge on any atom is -0.394 e. The molecule has 0 unspecified atom stereocenters. The Morgan fingerprint density at radius 3 is 2.15 bits per heavy atom. The molecule has 0 radical (unpaired) electrons. The normalized spacial score (nSPS) is 9.92. The Labute approximate surface area is 75.3 Å². The van der Waals surface area contributed by atoms with Crippen LogP contribution in [0.1, 0.15) is 0 Å². The summed E-state index contributed by atoms with van der Waals surface area (Å²) in [5.74, 6) is 0. The lowest BCUT2D eigenvalue weighted by atomic mass is 10.7. The number of hydrogen-bond donors (Lipinski definition) is 1. The summed E-state index contributed by atoms with van der Waals surface area (Å²) in [4.78, 5) is 13.6. The summed E-state index contributed by atoms with van der Waals surface area (Å²) in [6, 6.07) is 0. The van der Waals surface area contributed by atoms with Crippen LogP contribution in [0, 0.1) is 10.1 Å². The Balaban J connectivity index is 2.87. The largest absolute Gasteiger partial charge is 0.394 e. The van der Waals surface area contributed by atoms with E-state index in [2.05, 4.69) is 4.84 Å². The molecule has 0 aliphatic heterocycles. The van der Waals surface area contributed by atoms with Crippen molar-refractivity contribution in [3.05, 3.63) is 10.1 Å². The second-order valence-corrected chi connectivity index (χ2v) is 2.01. The van der Waals surface area contributed by atoms with Crippen molar-refractivity contribution < 1.29 is 24.5 Å². The molecule has 7 nitrogen and oxygen atoms in total. The number of aliphatic hydroxyl groups is 1. The first-order chi connectivity index (χ1) is 6.27. The van der Waals surface area contributed by atoms with Crippen molar-refractivity contribution >= 4 is 0 Å². The fourth-order valence-corrected chi connectivity index (χ4v) is 0.557. The van der Waals surface area contributed by atoms with Crippen molar-refractivity contribution in [3.63, 3.8) is 0 Å². The van der Waals surface area contributed by atoms with Crippen LogP contribution in [0.5, 0.6) is 0 Å². The molecular weight excluding hydrogens is 182 g/mol. The van der Waals surface area contributed by atoms with Crippen LogP contribution < -0.4 is 0 Å². The van der Waals surface area contributed by atoms with Crippen LogP contribution in [0.15, 0.2) is 0 Å². The molecular formula is C6H13NO6. The van der Waals surface area contributed by atoms with E-state index in [1.54, 1.807) is 0 Å². The molecule has 0 saturated carbocycles. The number of hydrogen-bond acceptors (Lipinski definition) is 6. The van der Waals surface area contributed by atoms with Crippen molar-refractivity contribution in [2.24, 2.45) is 0 Å². The quantitative estimate of drug-likeness (QED) is 0.295. The SMILES string of the molecule is O=[N+]([O-])OCCOCCOCCO. The van der Waals surface area contributed by atoms with Crippen LogP contribution in [0.2, 0.25) is 0 Å². The van der Waals surface area contributed by atoms with Gasteiger partial charge in [0.15, 0.2) is 0 Å². The fraction of sp³-hybridized carbons (Fsp3) is 1.00. The molecule has 0 rings (SSSR count). The first-order valence-electron chi connectivity index (χ1n) is 3.81. The number of rotatable bonds is 9. The second-order valence-electron chi connectivity index (χ2n) is 2.01. The first-order valence-corrected chi connectivity index (χ1v) is 3.81. The van der Waals surface area contributed by atoms with E-state index in [1.165, 1.54) is 0 Å². The van der Waals surface area contributed by atoms with Crippen molar-refractivity contribution in [1.29, 1.82) is 0 Å². The monoisotopic (exact) mass is 195 g/mol. The smallest absolute Gasteiger partial charge is 0.294 e. The Morgan fingerprint density at radius 1 is 1.08 bits per heavy atom. The Hall–Kier alpha value is -0.920. The Kier molecular flexibility index (Phi) is 8.52. The Morgan fingerprint density at radius 2 is 1.62 bits per heavy atom. The average molecular weight is 195 g/mol. The molecule has 0 aromatic heterocycles. The zero-order valence-electron chi connectivity index (χ0n) is 7.18. The van der Waals surface area contributed by atoms with Gasteiger partial charge in [0.25, 0.3) is 5.09 Å². The van der Waals surface area contributed by atoms with Gasteiger partial charge in [-0.1, -0.05) is 0 Å². The van der Waals surface area contributed by atoms with Gasteiger partial charge in [-0.05, 0) is 0 Å². The van der Waals surface area contributed by atoms with E-state index in [-0.39, 0.29) is 26.4 Å². The third-order valence-electron chi connectivity index (χ3n) is 1.03. The minimum atomic E-state index is -0.869. The van der Waals surface area contributed by atoms with E-state index in [0.717, 1.165) is 0 Å². The highest BCUT2D eigenvalue weighted by molar-refractivity contribution is 4.30. The molecule has 0 bridgehead atoms. The van der Waals surface area contributed by atoms with Crippen LogP contribution in [-0.4, -0.2) is 49.8 Å². The highest BCUT2D eigenvalue weighted by Gasteiger charge is 1.94. The van der Waals surface area contributed by atoms with Gasteiger partial charge >= 0.3 is 0 Å². The molecule has 0 spiro atoms. The maximum Gasteiger partial charge on any atom is 0.294 e. The third kappa shape index (κ3) is 11.1. The molecule has 0 aromatic rings. The van der Waals surface area contributed by atoms with Crippen LogP contribution in [0.25, 0.3) is 0 Å². The second kappa shape index (κ2) is 9.17. The van der Waals surface area contributed by atoms with Gasteiger partial charge in [0.2, 0.25) is 0 Å². The zero-order valence-corrected chi connectivity index (χ0v) is 7.18. The maximum absolute atomic E-state index is 9.65.